The first-order chi connectivity index (χ1) is 12.8. The Morgan fingerprint density at radius 2 is 1.96 bits per heavy atom. The normalized spacial score (nSPS) is 18.5. The average Bonchev–Trinajstić information content (AvgIpc) is 2.86. The second-order valence-electron chi connectivity index (χ2n) is 7.15. The molecule has 2 rings (SSSR count). The number of halogens is 1. The van der Waals surface area contributed by atoms with Gasteiger partial charge in [0.2, 0.25) is 11.8 Å². The highest BCUT2D eigenvalue weighted by Crippen LogP contribution is 2.22. The van der Waals surface area contributed by atoms with Crippen molar-refractivity contribution in [2.45, 2.75) is 45.6 Å². The minimum atomic E-state index is -1.02. The van der Waals surface area contributed by atoms with Crippen molar-refractivity contribution in [3.8, 4) is 0 Å². The summed E-state index contributed by atoms with van der Waals surface area (Å²) in [6, 6.07) is 7.39. The molecule has 0 bridgehead atoms. The number of carboxylic acid groups (broad SMARTS) is 1. The molecule has 1 saturated heterocycles. The monoisotopic (exact) mass is 394 g/mol. The topological polar surface area (TPSA) is 77.9 Å². The van der Waals surface area contributed by atoms with Gasteiger partial charge in [-0.25, -0.2) is 0 Å². The van der Waals surface area contributed by atoms with Crippen LogP contribution in [0, 0.1) is 5.92 Å². The van der Waals surface area contributed by atoms with Crippen LogP contribution in [0.1, 0.15) is 38.7 Å². The maximum atomic E-state index is 12.9. The highest BCUT2D eigenvalue weighted by atomic mass is 35.5. The lowest BCUT2D eigenvalue weighted by atomic mass is 9.99. The van der Waals surface area contributed by atoms with Gasteiger partial charge in [-0.1, -0.05) is 36.7 Å². The van der Waals surface area contributed by atoms with Gasteiger partial charge >= 0.3 is 5.97 Å². The molecule has 0 saturated carbocycles. The van der Waals surface area contributed by atoms with Crippen LogP contribution < -0.4 is 0 Å². The molecule has 27 heavy (non-hydrogen) atoms. The Morgan fingerprint density at radius 1 is 1.26 bits per heavy atom. The van der Waals surface area contributed by atoms with E-state index in [0.717, 1.165) is 12.0 Å². The van der Waals surface area contributed by atoms with E-state index in [-0.39, 0.29) is 30.3 Å². The summed E-state index contributed by atoms with van der Waals surface area (Å²) in [6.45, 7) is 4.15. The molecule has 1 aliphatic heterocycles. The Kier molecular flexibility index (Phi) is 7.66. The van der Waals surface area contributed by atoms with Crippen molar-refractivity contribution >= 4 is 29.4 Å². The van der Waals surface area contributed by atoms with Crippen LogP contribution in [0.4, 0.5) is 0 Å². The maximum Gasteiger partial charge on any atom is 0.323 e. The van der Waals surface area contributed by atoms with Crippen LogP contribution in [-0.2, 0) is 20.8 Å². The highest BCUT2D eigenvalue weighted by molar-refractivity contribution is 6.31. The van der Waals surface area contributed by atoms with Crippen molar-refractivity contribution in [1.29, 1.82) is 0 Å². The fourth-order valence-corrected chi connectivity index (χ4v) is 3.86. The van der Waals surface area contributed by atoms with Crippen molar-refractivity contribution in [1.82, 2.24) is 9.80 Å². The molecule has 1 aromatic carbocycles. The second-order valence-corrected chi connectivity index (χ2v) is 7.55. The fourth-order valence-electron chi connectivity index (χ4n) is 3.65. The number of nitrogens with zero attached hydrogens (tertiary/aromatic N) is 2. The van der Waals surface area contributed by atoms with Crippen LogP contribution in [0.5, 0.6) is 0 Å². The van der Waals surface area contributed by atoms with Crippen LogP contribution in [0.3, 0.4) is 0 Å². The lowest BCUT2D eigenvalue weighted by Gasteiger charge is -2.29. The number of aliphatic carboxylic acids is 1. The molecule has 1 N–H and O–H groups in total. The van der Waals surface area contributed by atoms with E-state index in [4.69, 9.17) is 16.7 Å². The molecule has 0 spiro atoms. The van der Waals surface area contributed by atoms with Gasteiger partial charge in [0.15, 0.2) is 0 Å². The summed E-state index contributed by atoms with van der Waals surface area (Å²) in [7, 11) is 0. The van der Waals surface area contributed by atoms with Gasteiger partial charge in [0, 0.05) is 37.0 Å². The SMILES string of the molecule is CC(=O)N(CC(=O)O)C1CCCN(C(=O)C(C)Cc2ccccc2Cl)CC1. The molecule has 0 aliphatic carbocycles. The van der Waals surface area contributed by atoms with Crippen LogP contribution in [0.2, 0.25) is 5.02 Å². The van der Waals surface area contributed by atoms with Crippen LogP contribution >= 0.6 is 11.6 Å². The first kappa shape index (κ1) is 21.2. The average molecular weight is 395 g/mol. The zero-order valence-electron chi connectivity index (χ0n) is 15.9. The van der Waals surface area contributed by atoms with E-state index in [2.05, 4.69) is 0 Å². The maximum absolute atomic E-state index is 12.9. The van der Waals surface area contributed by atoms with Crippen LogP contribution in [-0.4, -0.2) is 58.4 Å². The largest absolute Gasteiger partial charge is 0.480 e. The number of amides is 2. The van der Waals surface area contributed by atoms with Crippen molar-refractivity contribution in [3.63, 3.8) is 0 Å². The molecule has 1 fully saturated rings. The molecule has 148 valence electrons. The van der Waals surface area contributed by atoms with Crippen molar-refractivity contribution in [2.75, 3.05) is 19.6 Å². The van der Waals surface area contributed by atoms with E-state index in [1.807, 2.05) is 36.1 Å². The zero-order chi connectivity index (χ0) is 20.0. The molecule has 2 amide bonds. The molecule has 6 nitrogen and oxygen atoms in total. The van der Waals surface area contributed by atoms with Gasteiger partial charge in [0.25, 0.3) is 0 Å². The number of hydrogen-bond donors (Lipinski definition) is 1. The lowest BCUT2D eigenvalue weighted by Crippen LogP contribution is -2.43. The van der Waals surface area contributed by atoms with Gasteiger partial charge in [-0.3, -0.25) is 14.4 Å². The van der Waals surface area contributed by atoms with Gasteiger partial charge in [-0.15, -0.1) is 0 Å². The van der Waals surface area contributed by atoms with Gasteiger partial charge < -0.3 is 14.9 Å². The molecular weight excluding hydrogens is 368 g/mol. The Balaban J connectivity index is 1.98. The van der Waals surface area contributed by atoms with Crippen molar-refractivity contribution in [2.24, 2.45) is 5.92 Å². The summed E-state index contributed by atoms with van der Waals surface area (Å²) in [5, 5.41) is 9.71. The smallest absolute Gasteiger partial charge is 0.323 e. The molecule has 1 aliphatic rings. The van der Waals surface area contributed by atoms with Gasteiger partial charge in [0.05, 0.1) is 0 Å². The fraction of sp³-hybridized carbons (Fsp3) is 0.550. The van der Waals surface area contributed by atoms with Gasteiger partial charge in [-0.05, 0) is 37.3 Å². The third kappa shape index (κ3) is 5.96. The predicted octanol–water partition coefficient (Wildman–Crippen LogP) is 2.83. The summed E-state index contributed by atoms with van der Waals surface area (Å²) in [6.07, 6.45) is 2.63. The van der Waals surface area contributed by atoms with E-state index in [9.17, 15) is 14.4 Å². The first-order valence-electron chi connectivity index (χ1n) is 9.30. The van der Waals surface area contributed by atoms with Crippen LogP contribution in [0.15, 0.2) is 24.3 Å². The zero-order valence-corrected chi connectivity index (χ0v) is 16.6. The summed E-state index contributed by atoms with van der Waals surface area (Å²) < 4.78 is 0. The predicted molar refractivity (Wildman–Crippen MR) is 104 cm³/mol. The number of carbonyl (C=O) groups excluding carboxylic acids is 2. The quantitative estimate of drug-likeness (QED) is 0.804. The summed E-state index contributed by atoms with van der Waals surface area (Å²) >= 11 is 6.20. The Morgan fingerprint density at radius 3 is 2.59 bits per heavy atom. The van der Waals surface area contributed by atoms with Crippen molar-refractivity contribution in [3.05, 3.63) is 34.9 Å². The Labute approximate surface area is 165 Å². The summed E-state index contributed by atoms with van der Waals surface area (Å²) in [5.41, 5.74) is 0.955. The first-order valence-corrected chi connectivity index (χ1v) is 9.68. The number of hydrogen-bond acceptors (Lipinski definition) is 3. The van der Waals surface area contributed by atoms with E-state index in [1.54, 1.807) is 0 Å². The van der Waals surface area contributed by atoms with Crippen molar-refractivity contribution < 1.29 is 19.5 Å². The van der Waals surface area contributed by atoms with Gasteiger partial charge in [0.1, 0.15) is 6.54 Å². The third-order valence-electron chi connectivity index (χ3n) is 5.07. The van der Waals surface area contributed by atoms with E-state index >= 15 is 0 Å². The van der Waals surface area contributed by atoms with Gasteiger partial charge in [-0.2, -0.15) is 0 Å². The number of carbonyl (C=O) groups is 3. The molecule has 1 aromatic rings. The van der Waals surface area contributed by atoms with Crippen LogP contribution in [0.25, 0.3) is 0 Å². The second kappa shape index (κ2) is 9.74. The lowest BCUT2D eigenvalue weighted by molar-refractivity contribution is -0.145. The number of likely N-dealkylation sites (tertiary alicyclic amines) is 1. The third-order valence-corrected chi connectivity index (χ3v) is 5.43. The summed E-state index contributed by atoms with van der Waals surface area (Å²) in [5.74, 6) is -1.38. The summed E-state index contributed by atoms with van der Waals surface area (Å²) in [4.78, 5) is 39.0. The Bertz CT molecular complexity index is 694. The van der Waals surface area contributed by atoms with E-state index in [0.29, 0.717) is 37.4 Å². The highest BCUT2D eigenvalue weighted by Gasteiger charge is 2.29. The molecule has 0 radical (unpaired) electrons. The molecule has 7 heteroatoms. The molecule has 2 unspecified atom stereocenters. The minimum absolute atomic E-state index is 0.0724. The standard InChI is InChI=1S/C20H27ClN2O4/c1-14(12-16-6-3-4-8-18(16)21)20(27)22-10-5-7-17(9-11-22)23(15(2)24)13-19(25)26/h3-4,6,8,14,17H,5,7,9-13H2,1-2H3,(H,25,26). The number of benzene rings is 1. The number of carboxylic acids is 1. The molecule has 1 heterocycles. The van der Waals surface area contributed by atoms with E-state index in [1.165, 1.54) is 11.8 Å². The number of rotatable bonds is 6. The van der Waals surface area contributed by atoms with E-state index < -0.39 is 5.97 Å². The minimum Gasteiger partial charge on any atom is -0.480 e. The molecule has 2 atom stereocenters. The molecule has 0 aromatic heterocycles. The Hall–Kier alpha value is -2.08. The molecular formula is C20H27ClN2O4.